The number of urea groups is 1. The smallest absolute Gasteiger partial charge is 0.343 e. The predicted molar refractivity (Wildman–Crippen MR) is 139 cm³/mol. The summed E-state index contributed by atoms with van der Waals surface area (Å²) < 4.78 is 11.3. The van der Waals surface area contributed by atoms with Gasteiger partial charge in [0.25, 0.3) is 11.8 Å². The van der Waals surface area contributed by atoms with Crippen LogP contribution in [-0.4, -0.2) is 31.1 Å². The summed E-state index contributed by atoms with van der Waals surface area (Å²) in [6.45, 7) is 8.26. The largest absolute Gasteiger partial charge is 0.490 e. The van der Waals surface area contributed by atoms with Gasteiger partial charge in [0.15, 0.2) is 11.5 Å². The van der Waals surface area contributed by atoms with E-state index in [0.29, 0.717) is 41.7 Å². The number of nitrogens with zero attached hydrogens (tertiary/aromatic N) is 2. The van der Waals surface area contributed by atoms with Crippen LogP contribution >= 0.6 is 0 Å². The minimum absolute atomic E-state index is 0.132. The standard InChI is InChI=1S/C29H28N2O5/c1-5-35-25-16-15-21(18-26(25)36-6-2)17-22-27(32)30(23-13-9-7-11-19(23)3)29(34)31(28(22)33)24-14-10-8-12-20(24)4/h7-18H,5-6H2,1-4H3. The van der Waals surface area contributed by atoms with Crippen molar-refractivity contribution in [3.05, 3.63) is 89.0 Å². The quantitative estimate of drug-likeness (QED) is 0.318. The van der Waals surface area contributed by atoms with E-state index in [1.165, 1.54) is 6.08 Å². The van der Waals surface area contributed by atoms with Crippen molar-refractivity contribution in [3.8, 4) is 11.5 Å². The molecule has 3 aromatic rings. The van der Waals surface area contributed by atoms with Gasteiger partial charge in [0.1, 0.15) is 5.57 Å². The molecule has 1 saturated heterocycles. The summed E-state index contributed by atoms with van der Waals surface area (Å²) in [5, 5.41) is 0. The van der Waals surface area contributed by atoms with Crippen molar-refractivity contribution in [2.75, 3.05) is 23.0 Å². The van der Waals surface area contributed by atoms with Crippen LogP contribution in [0.15, 0.2) is 72.3 Å². The Morgan fingerprint density at radius 3 is 1.69 bits per heavy atom. The molecular formula is C29H28N2O5. The zero-order valence-corrected chi connectivity index (χ0v) is 20.8. The van der Waals surface area contributed by atoms with E-state index in [-0.39, 0.29) is 5.57 Å². The maximum absolute atomic E-state index is 13.7. The molecule has 0 aliphatic carbocycles. The second-order valence-electron chi connectivity index (χ2n) is 8.27. The number of ether oxygens (including phenoxy) is 2. The van der Waals surface area contributed by atoms with E-state index < -0.39 is 17.8 Å². The number of aryl methyl sites for hydroxylation is 2. The molecule has 4 rings (SSSR count). The molecule has 0 atom stereocenters. The van der Waals surface area contributed by atoms with E-state index in [1.54, 1.807) is 42.5 Å². The number of carbonyl (C=O) groups excluding carboxylic acids is 3. The molecule has 1 aliphatic rings. The molecule has 0 unspecified atom stereocenters. The Hall–Kier alpha value is -4.39. The van der Waals surface area contributed by atoms with Crippen LogP contribution in [0.25, 0.3) is 6.08 Å². The molecule has 4 amide bonds. The van der Waals surface area contributed by atoms with Crippen LogP contribution in [-0.2, 0) is 9.59 Å². The number of benzene rings is 3. The molecule has 36 heavy (non-hydrogen) atoms. The molecule has 0 spiro atoms. The van der Waals surface area contributed by atoms with Crippen LogP contribution < -0.4 is 19.3 Å². The zero-order valence-electron chi connectivity index (χ0n) is 20.8. The van der Waals surface area contributed by atoms with Crippen molar-refractivity contribution in [1.82, 2.24) is 0 Å². The number of barbiturate groups is 1. The van der Waals surface area contributed by atoms with Gasteiger partial charge < -0.3 is 9.47 Å². The van der Waals surface area contributed by atoms with Crippen LogP contribution in [0.5, 0.6) is 11.5 Å². The summed E-state index contributed by atoms with van der Waals surface area (Å²) in [6, 6.07) is 18.7. The Bertz CT molecular complexity index is 1290. The number of carbonyl (C=O) groups is 3. The highest BCUT2D eigenvalue weighted by atomic mass is 16.5. The lowest BCUT2D eigenvalue weighted by Crippen LogP contribution is -2.57. The third-order valence-corrected chi connectivity index (χ3v) is 5.84. The first-order valence-corrected chi connectivity index (χ1v) is 11.8. The number of para-hydroxylation sites is 2. The van der Waals surface area contributed by atoms with Crippen LogP contribution in [0.4, 0.5) is 16.2 Å². The molecule has 0 saturated carbocycles. The lowest BCUT2D eigenvalue weighted by Gasteiger charge is -2.35. The fourth-order valence-corrected chi connectivity index (χ4v) is 4.11. The van der Waals surface area contributed by atoms with Crippen LogP contribution in [0.3, 0.4) is 0 Å². The molecule has 0 radical (unpaired) electrons. The first-order valence-electron chi connectivity index (χ1n) is 11.8. The monoisotopic (exact) mass is 484 g/mol. The second-order valence-corrected chi connectivity index (χ2v) is 8.27. The fourth-order valence-electron chi connectivity index (χ4n) is 4.11. The molecule has 1 fully saturated rings. The summed E-state index contributed by atoms with van der Waals surface area (Å²) >= 11 is 0. The van der Waals surface area contributed by atoms with Gasteiger partial charge in [0.2, 0.25) is 0 Å². The van der Waals surface area contributed by atoms with E-state index in [9.17, 15) is 14.4 Å². The molecule has 184 valence electrons. The van der Waals surface area contributed by atoms with Gasteiger partial charge in [-0.3, -0.25) is 9.59 Å². The summed E-state index contributed by atoms with van der Waals surface area (Å²) in [5.41, 5.74) is 2.75. The third-order valence-electron chi connectivity index (χ3n) is 5.84. The van der Waals surface area contributed by atoms with Crippen molar-refractivity contribution >= 4 is 35.3 Å². The van der Waals surface area contributed by atoms with Crippen molar-refractivity contribution in [2.24, 2.45) is 0 Å². The molecule has 0 aromatic heterocycles. The Kier molecular flexibility index (Phi) is 7.20. The molecule has 0 bridgehead atoms. The van der Waals surface area contributed by atoms with Gasteiger partial charge in [-0.05, 0) is 74.7 Å². The molecule has 1 heterocycles. The molecule has 7 nitrogen and oxygen atoms in total. The lowest BCUT2D eigenvalue weighted by atomic mass is 10.0. The number of imide groups is 2. The van der Waals surface area contributed by atoms with Gasteiger partial charge in [0.05, 0.1) is 24.6 Å². The number of anilines is 2. The van der Waals surface area contributed by atoms with Crippen molar-refractivity contribution < 1.29 is 23.9 Å². The van der Waals surface area contributed by atoms with Crippen LogP contribution in [0.2, 0.25) is 0 Å². The zero-order chi connectivity index (χ0) is 25.8. The molecule has 7 heteroatoms. The fraction of sp³-hybridized carbons (Fsp3) is 0.207. The summed E-state index contributed by atoms with van der Waals surface area (Å²) in [7, 11) is 0. The topological polar surface area (TPSA) is 76.2 Å². The Morgan fingerprint density at radius 1 is 0.694 bits per heavy atom. The second kappa shape index (κ2) is 10.5. The van der Waals surface area contributed by atoms with Gasteiger partial charge in [-0.2, -0.15) is 0 Å². The Morgan fingerprint density at radius 2 is 1.19 bits per heavy atom. The highest BCUT2D eigenvalue weighted by Gasteiger charge is 2.44. The maximum atomic E-state index is 13.7. The normalized spacial score (nSPS) is 13.8. The van der Waals surface area contributed by atoms with E-state index in [4.69, 9.17) is 9.47 Å². The average molecular weight is 485 g/mol. The summed E-state index contributed by atoms with van der Waals surface area (Å²) in [4.78, 5) is 43.1. The van der Waals surface area contributed by atoms with Crippen LogP contribution in [0, 0.1) is 13.8 Å². The van der Waals surface area contributed by atoms with Gasteiger partial charge >= 0.3 is 6.03 Å². The molecule has 3 aromatic carbocycles. The average Bonchev–Trinajstić information content (AvgIpc) is 2.86. The van der Waals surface area contributed by atoms with Crippen molar-refractivity contribution in [2.45, 2.75) is 27.7 Å². The summed E-state index contributed by atoms with van der Waals surface area (Å²) in [6.07, 6.45) is 1.49. The predicted octanol–water partition coefficient (Wildman–Crippen LogP) is 5.68. The molecule has 0 N–H and O–H groups in total. The van der Waals surface area contributed by atoms with Crippen molar-refractivity contribution in [3.63, 3.8) is 0 Å². The minimum atomic E-state index is -0.715. The van der Waals surface area contributed by atoms with Gasteiger partial charge in [-0.15, -0.1) is 0 Å². The Balaban J connectivity index is 1.88. The first-order chi connectivity index (χ1) is 17.4. The number of rotatable bonds is 7. The van der Waals surface area contributed by atoms with E-state index in [0.717, 1.165) is 20.9 Å². The highest BCUT2D eigenvalue weighted by Crippen LogP contribution is 2.34. The third kappa shape index (κ3) is 4.60. The van der Waals surface area contributed by atoms with Crippen LogP contribution in [0.1, 0.15) is 30.5 Å². The van der Waals surface area contributed by atoms with E-state index >= 15 is 0 Å². The molecule has 1 aliphatic heterocycles. The van der Waals surface area contributed by atoms with E-state index in [2.05, 4.69) is 0 Å². The van der Waals surface area contributed by atoms with Gasteiger partial charge in [-0.25, -0.2) is 14.6 Å². The molecular weight excluding hydrogens is 456 g/mol. The Labute approximate surface area is 210 Å². The SMILES string of the molecule is CCOc1ccc(C=C2C(=O)N(c3ccccc3C)C(=O)N(c3ccccc3C)C2=O)cc1OCC. The maximum Gasteiger partial charge on any atom is 0.343 e. The van der Waals surface area contributed by atoms with Gasteiger partial charge in [-0.1, -0.05) is 42.5 Å². The number of hydrogen-bond acceptors (Lipinski definition) is 5. The van der Waals surface area contributed by atoms with Gasteiger partial charge in [0, 0.05) is 0 Å². The minimum Gasteiger partial charge on any atom is -0.490 e. The first kappa shape index (κ1) is 24.7. The van der Waals surface area contributed by atoms with Crippen molar-refractivity contribution in [1.29, 1.82) is 0 Å². The lowest BCUT2D eigenvalue weighted by molar-refractivity contribution is -0.121. The number of hydrogen-bond donors (Lipinski definition) is 0. The highest BCUT2D eigenvalue weighted by molar-refractivity contribution is 6.46. The number of amides is 4. The van der Waals surface area contributed by atoms with E-state index in [1.807, 2.05) is 52.0 Å². The summed E-state index contributed by atoms with van der Waals surface area (Å²) in [5.74, 6) is -0.292.